The van der Waals surface area contributed by atoms with Crippen molar-refractivity contribution in [1.82, 2.24) is 0 Å². The molecule has 0 spiro atoms. The zero-order valence-electron chi connectivity index (χ0n) is 6.72. The second-order valence-corrected chi connectivity index (χ2v) is 2.80. The molecule has 0 radical (unpaired) electrons. The Kier molecular flexibility index (Phi) is 2.76. The third kappa shape index (κ3) is 2.27. The van der Waals surface area contributed by atoms with Gasteiger partial charge in [0.15, 0.2) is 11.6 Å². The lowest BCUT2D eigenvalue weighted by molar-refractivity contribution is 0.195. The zero-order valence-corrected chi connectivity index (χ0v) is 6.72. The molecular formula is C9H10F2O. The average Bonchev–Trinajstić information content (AvgIpc) is 1.96. The van der Waals surface area contributed by atoms with E-state index in [2.05, 4.69) is 0 Å². The third-order valence-corrected chi connectivity index (χ3v) is 1.52. The van der Waals surface area contributed by atoms with Crippen LogP contribution in [0, 0.1) is 11.6 Å². The van der Waals surface area contributed by atoms with Crippen LogP contribution in [-0.4, -0.2) is 11.2 Å². The fraction of sp³-hybridized carbons (Fsp3) is 0.333. The van der Waals surface area contributed by atoms with Crippen molar-refractivity contribution in [3.8, 4) is 0 Å². The van der Waals surface area contributed by atoms with Crippen molar-refractivity contribution in [3.05, 3.63) is 35.4 Å². The summed E-state index contributed by atoms with van der Waals surface area (Å²) in [5, 5.41) is 8.95. The Morgan fingerprint density at radius 1 is 1.33 bits per heavy atom. The van der Waals surface area contributed by atoms with Crippen LogP contribution >= 0.6 is 0 Å². The van der Waals surface area contributed by atoms with Gasteiger partial charge in [0.05, 0.1) is 6.10 Å². The van der Waals surface area contributed by atoms with Gasteiger partial charge in [-0.15, -0.1) is 0 Å². The van der Waals surface area contributed by atoms with Crippen molar-refractivity contribution in [2.24, 2.45) is 0 Å². The van der Waals surface area contributed by atoms with E-state index in [-0.39, 0.29) is 0 Å². The maximum absolute atomic E-state index is 12.6. The number of halogens is 2. The second kappa shape index (κ2) is 3.63. The molecule has 3 heteroatoms. The first-order valence-corrected chi connectivity index (χ1v) is 3.71. The first-order chi connectivity index (χ1) is 5.59. The van der Waals surface area contributed by atoms with E-state index in [1.54, 1.807) is 6.92 Å². The molecule has 0 aliphatic carbocycles. The van der Waals surface area contributed by atoms with Crippen molar-refractivity contribution >= 4 is 0 Å². The molecule has 0 bridgehead atoms. The van der Waals surface area contributed by atoms with Gasteiger partial charge in [-0.1, -0.05) is 6.07 Å². The molecular weight excluding hydrogens is 162 g/mol. The summed E-state index contributed by atoms with van der Waals surface area (Å²) in [7, 11) is 0. The highest BCUT2D eigenvalue weighted by Gasteiger charge is 2.04. The van der Waals surface area contributed by atoms with Crippen LogP contribution in [0.5, 0.6) is 0 Å². The van der Waals surface area contributed by atoms with Gasteiger partial charge in [-0.25, -0.2) is 8.78 Å². The van der Waals surface area contributed by atoms with Gasteiger partial charge in [0.2, 0.25) is 0 Å². The summed E-state index contributed by atoms with van der Waals surface area (Å²) in [6, 6.07) is 3.63. The molecule has 1 aromatic carbocycles. The summed E-state index contributed by atoms with van der Waals surface area (Å²) in [5.41, 5.74) is 0.601. The van der Waals surface area contributed by atoms with Crippen LogP contribution in [0.4, 0.5) is 8.78 Å². The number of rotatable bonds is 2. The smallest absolute Gasteiger partial charge is 0.159 e. The van der Waals surface area contributed by atoms with E-state index in [1.807, 2.05) is 0 Å². The summed E-state index contributed by atoms with van der Waals surface area (Å²) in [6.07, 6.45) is -0.188. The van der Waals surface area contributed by atoms with Crippen LogP contribution in [0.25, 0.3) is 0 Å². The number of hydrogen-bond acceptors (Lipinski definition) is 1. The largest absolute Gasteiger partial charge is 0.393 e. The second-order valence-electron chi connectivity index (χ2n) is 2.80. The predicted octanol–water partition coefficient (Wildman–Crippen LogP) is 1.89. The van der Waals surface area contributed by atoms with E-state index in [0.29, 0.717) is 12.0 Å². The molecule has 1 nitrogen and oxygen atoms in total. The van der Waals surface area contributed by atoms with Crippen molar-refractivity contribution in [1.29, 1.82) is 0 Å². The quantitative estimate of drug-likeness (QED) is 0.722. The molecule has 0 aliphatic rings. The summed E-state index contributed by atoms with van der Waals surface area (Å²) in [4.78, 5) is 0. The SMILES string of the molecule is C[C@@H](O)Cc1ccc(F)c(F)c1. The van der Waals surface area contributed by atoms with Crippen molar-refractivity contribution < 1.29 is 13.9 Å². The fourth-order valence-corrected chi connectivity index (χ4v) is 1.01. The van der Waals surface area contributed by atoms with Gasteiger partial charge in [0.25, 0.3) is 0 Å². The van der Waals surface area contributed by atoms with Crippen molar-refractivity contribution in [3.63, 3.8) is 0 Å². The van der Waals surface area contributed by atoms with Crippen LogP contribution in [0.2, 0.25) is 0 Å². The van der Waals surface area contributed by atoms with Gasteiger partial charge in [0.1, 0.15) is 0 Å². The molecule has 1 atom stereocenters. The molecule has 1 N–H and O–H groups in total. The maximum Gasteiger partial charge on any atom is 0.159 e. The van der Waals surface area contributed by atoms with Gasteiger partial charge in [-0.3, -0.25) is 0 Å². The Morgan fingerprint density at radius 2 is 2.00 bits per heavy atom. The lowest BCUT2D eigenvalue weighted by Gasteiger charge is -2.03. The number of benzene rings is 1. The molecule has 66 valence electrons. The van der Waals surface area contributed by atoms with E-state index in [4.69, 9.17) is 5.11 Å². The highest BCUT2D eigenvalue weighted by Crippen LogP contribution is 2.10. The lowest BCUT2D eigenvalue weighted by Crippen LogP contribution is -2.04. The van der Waals surface area contributed by atoms with Crippen LogP contribution in [-0.2, 0) is 6.42 Å². The molecule has 0 aliphatic heterocycles. The van der Waals surface area contributed by atoms with E-state index in [0.717, 1.165) is 12.1 Å². The average molecular weight is 172 g/mol. The van der Waals surface area contributed by atoms with Crippen LogP contribution in [0.3, 0.4) is 0 Å². The lowest BCUT2D eigenvalue weighted by atomic mass is 10.1. The highest BCUT2D eigenvalue weighted by atomic mass is 19.2. The molecule has 0 unspecified atom stereocenters. The van der Waals surface area contributed by atoms with E-state index >= 15 is 0 Å². The van der Waals surface area contributed by atoms with E-state index in [9.17, 15) is 8.78 Å². The molecule has 12 heavy (non-hydrogen) atoms. The Morgan fingerprint density at radius 3 is 2.50 bits per heavy atom. The summed E-state index contributed by atoms with van der Waals surface area (Å²) >= 11 is 0. The van der Waals surface area contributed by atoms with Crippen LogP contribution in [0.15, 0.2) is 18.2 Å². The summed E-state index contributed by atoms with van der Waals surface area (Å²) in [5.74, 6) is -1.72. The van der Waals surface area contributed by atoms with Gasteiger partial charge in [0, 0.05) is 0 Å². The third-order valence-electron chi connectivity index (χ3n) is 1.52. The molecule has 0 amide bonds. The minimum absolute atomic E-state index is 0.344. The first-order valence-electron chi connectivity index (χ1n) is 3.71. The number of hydrogen-bond donors (Lipinski definition) is 1. The molecule has 0 saturated carbocycles. The Bertz CT molecular complexity index is 271. The highest BCUT2D eigenvalue weighted by molar-refractivity contribution is 5.18. The minimum Gasteiger partial charge on any atom is -0.393 e. The molecule has 0 aromatic heterocycles. The minimum atomic E-state index is -0.867. The number of aliphatic hydroxyl groups is 1. The van der Waals surface area contributed by atoms with Gasteiger partial charge in [-0.2, -0.15) is 0 Å². The summed E-state index contributed by atoms with van der Waals surface area (Å²) < 4.78 is 25.0. The fourth-order valence-electron chi connectivity index (χ4n) is 1.01. The first kappa shape index (κ1) is 9.13. The van der Waals surface area contributed by atoms with Crippen LogP contribution < -0.4 is 0 Å². The Hall–Kier alpha value is -0.960. The molecule has 0 saturated heterocycles. The van der Waals surface area contributed by atoms with Crippen molar-refractivity contribution in [2.75, 3.05) is 0 Å². The Labute approximate surface area is 69.7 Å². The molecule has 1 rings (SSSR count). The van der Waals surface area contributed by atoms with E-state index in [1.165, 1.54) is 6.07 Å². The standard InChI is InChI=1S/C9H10F2O/c1-6(12)4-7-2-3-8(10)9(11)5-7/h2-3,5-6,12H,4H2,1H3/t6-/m1/s1. The molecule has 0 fully saturated rings. The maximum atomic E-state index is 12.6. The molecule has 0 heterocycles. The van der Waals surface area contributed by atoms with Crippen molar-refractivity contribution in [2.45, 2.75) is 19.4 Å². The Balaban J connectivity index is 2.82. The normalized spacial score (nSPS) is 13.0. The monoisotopic (exact) mass is 172 g/mol. The zero-order chi connectivity index (χ0) is 9.14. The summed E-state index contributed by atoms with van der Waals surface area (Å²) in [6.45, 7) is 1.60. The van der Waals surface area contributed by atoms with Gasteiger partial charge in [-0.05, 0) is 31.0 Å². The van der Waals surface area contributed by atoms with Crippen LogP contribution in [0.1, 0.15) is 12.5 Å². The molecule has 1 aromatic rings. The van der Waals surface area contributed by atoms with Gasteiger partial charge >= 0.3 is 0 Å². The van der Waals surface area contributed by atoms with Gasteiger partial charge < -0.3 is 5.11 Å². The topological polar surface area (TPSA) is 20.2 Å². The predicted molar refractivity (Wildman–Crippen MR) is 41.7 cm³/mol. The number of aliphatic hydroxyl groups excluding tert-OH is 1. The van der Waals surface area contributed by atoms with E-state index < -0.39 is 17.7 Å².